The Kier molecular flexibility index (Phi) is 8.36. The summed E-state index contributed by atoms with van der Waals surface area (Å²) in [4.78, 5) is 44.0. The Hall–Kier alpha value is -2.04. The van der Waals surface area contributed by atoms with Crippen LogP contribution in [0.3, 0.4) is 0 Å². The fourth-order valence-electron chi connectivity index (χ4n) is 2.00. The first-order valence-corrected chi connectivity index (χ1v) is 6.81. The number of hydrogen-bond donors (Lipinski definition) is 6. The summed E-state index contributed by atoms with van der Waals surface area (Å²) in [6.07, 6.45) is -5.50. The zero-order valence-electron chi connectivity index (χ0n) is 13.0. The molecule has 0 unspecified atom stereocenters. The Morgan fingerprint density at radius 3 is 1.70 bits per heavy atom. The minimum atomic E-state index is -1.77. The zero-order chi connectivity index (χ0) is 18.3. The highest BCUT2D eigenvalue weighted by Gasteiger charge is 2.37. The second-order valence-corrected chi connectivity index (χ2v) is 5.18. The lowest BCUT2D eigenvalue weighted by Gasteiger charge is -2.34. The summed E-state index contributed by atoms with van der Waals surface area (Å²) in [6.45, 7) is 3.49. The minimum absolute atomic E-state index is 0.576. The summed E-state index contributed by atoms with van der Waals surface area (Å²) >= 11 is 0. The lowest BCUT2D eigenvalue weighted by atomic mass is 9.92. The number of carbonyl (C=O) groups excluding carboxylic acids is 3. The molecule has 5 atom stereocenters. The van der Waals surface area contributed by atoms with Crippen LogP contribution in [0, 0.1) is 0 Å². The van der Waals surface area contributed by atoms with E-state index in [9.17, 15) is 34.5 Å². The molecular formula is C13H22N2O8. The van der Waals surface area contributed by atoms with Crippen molar-refractivity contribution in [3.8, 4) is 0 Å². The van der Waals surface area contributed by atoms with Crippen molar-refractivity contribution in [2.75, 3.05) is 0 Å². The third kappa shape index (κ3) is 7.17. The molecule has 23 heavy (non-hydrogen) atoms. The van der Waals surface area contributed by atoms with Gasteiger partial charge in [0.2, 0.25) is 17.6 Å². The molecule has 0 radical (unpaired) electrons. The molecule has 0 aliphatic heterocycles. The number of nitrogens with one attached hydrogen (secondary N) is 2. The van der Waals surface area contributed by atoms with Gasteiger partial charge in [-0.15, -0.1) is 0 Å². The number of aliphatic hydroxyl groups excluding tert-OH is 3. The van der Waals surface area contributed by atoms with Crippen LogP contribution in [0.4, 0.5) is 0 Å². The van der Waals surface area contributed by atoms with E-state index in [4.69, 9.17) is 5.11 Å². The number of carboxylic acid groups (broad SMARTS) is 1. The minimum Gasteiger partial charge on any atom is -0.475 e. The van der Waals surface area contributed by atoms with Crippen LogP contribution in [-0.4, -0.2) is 74.4 Å². The van der Waals surface area contributed by atoms with Gasteiger partial charge in [0.15, 0.2) is 0 Å². The Balaban J connectivity index is 5.32. The van der Waals surface area contributed by atoms with Crippen molar-refractivity contribution >= 4 is 23.6 Å². The predicted octanol–water partition coefficient (Wildman–Crippen LogP) is -2.86. The molecule has 0 aromatic carbocycles. The van der Waals surface area contributed by atoms with Gasteiger partial charge in [0.25, 0.3) is 0 Å². The summed E-state index contributed by atoms with van der Waals surface area (Å²) < 4.78 is 0. The number of rotatable bonds is 9. The van der Waals surface area contributed by atoms with Gasteiger partial charge >= 0.3 is 5.97 Å². The number of carbonyl (C=O) groups is 4. The fraction of sp³-hybridized carbons (Fsp3) is 0.692. The number of carboxylic acids is 1. The van der Waals surface area contributed by atoms with Crippen LogP contribution in [0.25, 0.3) is 0 Å². The molecule has 0 spiro atoms. The summed E-state index contributed by atoms with van der Waals surface area (Å²) in [7, 11) is 0. The Morgan fingerprint density at radius 2 is 1.35 bits per heavy atom. The number of ketones is 1. The Morgan fingerprint density at radius 1 is 0.913 bits per heavy atom. The molecule has 0 aliphatic rings. The van der Waals surface area contributed by atoms with Gasteiger partial charge in [0, 0.05) is 20.3 Å². The fourth-order valence-corrected chi connectivity index (χ4v) is 2.00. The molecule has 0 bridgehead atoms. The zero-order valence-corrected chi connectivity index (χ0v) is 13.0. The van der Waals surface area contributed by atoms with Crippen LogP contribution in [0.5, 0.6) is 0 Å². The van der Waals surface area contributed by atoms with E-state index >= 15 is 0 Å². The van der Waals surface area contributed by atoms with Crippen molar-refractivity contribution in [2.45, 2.75) is 57.6 Å². The van der Waals surface area contributed by atoms with Gasteiger partial charge in [0.1, 0.15) is 0 Å². The summed E-state index contributed by atoms with van der Waals surface area (Å²) in [6, 6.07) is -2.72. The van der Waals surface area contributed by atoms with E-state index in [-0.39, 0.29) is 0 Å². The molecule has 10 nitrogen and oxygen atoms in total. The Labute approximate surface area is 132 Å². The second kappa shape index (κ2) is 9.18. The second-order valence-electron chi connectivity index (χ2n) is 5.18. The molecule has 0 aromatic rings. The maximum absolute atomic E-state index is 11.2. The van der Waals surface area contributed by atoms with E-state index in [1.807, 2.05) is 0 Å². The predicted molar refractivity (Wildman–Crippen MR) is 76.2 cm³/mol. The van der Waals surface area contributed by atoms with Gasteiger partial charge < -0.3 is 31.1 Å². The number of aliphatic carboxylic acids is 1. The SMILES string of the molecule is CC(=O)N[C@@H]([C@H](O)[C@H](NC(C)=O)[C@@H](O)CC(=O)C(=O)O)[C@H](C)O. The van der Waals surface area contributed by atoms with Gasteiger partial charge in [-0.1, -0.05) is 0 Å². The van der Waals surface area contributed by atoms with Crippen molar-refractivity contribution in [3.63, 3.8) is 0 Å². The van der Waals surface area contributed by atoms with Crippen LogP contribution in [0.1, 0.15) is 27.2 Å². The molecule has 10 heteroatoms. The lowest BCUT2D eigenvalue weighted by molar-refractivity contribution is -0.150. The van der Waals surface area contributed by atoms with E-state index in [1.54, 1.807) is 0 Å². The van der Waals surface area contributed by atoms with E-state index < -0.39 is 60.4 Å². The molecular weight excluding hydrogens is 312 g/mol. The molecule has 132 valence electrons. The third-order valence-corrected chi connectivity index (χ3v) is 3.04. The summed E-state index contributed by atoms with van der Waals surface area (Å²) in [5.74, 6) is -4.32. The molecule has 0 fully saturated rings. The first kappa shape index (κ1) is 21.0. The normalized spacial score (nSPS) is 17.3. The van der Waals surface area contributed by atoms with Crippen molar-refractivity contribution < 1.29 is 39.6 Å². The maximum atomic E-state index is 11.2. The lowest BCUT2D eigenvalue weighted by Crippen LogP contribution is -2.61. The third-order valence-electron chi connectivity index (χ3n) is 3.04. The quantitative estimate of drug-likeness (QED) is 0.244. The first-order valence-electron chi connectivity index (χ1n) is 6.81. The van der Waals surface area contributed by atoms with Crippen molar-refractivity contribution in [3.05, 3.63) is 0 Å². The average Bonchev–Trinajstić information content (AvgIpc) is 2.40. The van der Waals surface area contributed by atoms with Crippen molar-refractivity contribution in [1.82, 2.24) is 10.6 Å². The standard InChI is InChI=1S/C13H22N2O8/c1-5(16)10(14-6(2)17)12(21)11(15-7(3)18)8(19)4-9(20)13(22)23/h5,8,10-12,16,19,21H,4H2,1-3H3,(H,14,17)(H,15,18)(H,22,23)/t5-,8-,10+,11+,12-/m0/s1. The number of amides is 2. The van der Waals surface area contributed by atoms with Crippen molar-refractivity contribution in [2.24, 2.45) is 0 Å². The summed E-state index contributed by atoms with van der Waals surface area (Å²) in [5, 5.41) is 42.8. The van der Waals surface area contributed by atoms with E-state index in [0.29, 0.717) is 0 Å². The molecule has 0 saturated carbocycles. The number of hydrogen-bond acceptors (Lipinski definition) is 7. The highest BCUT2D eigenvalue weighted by Crippen LogP contribution is 2.12. The van der Waals surface area contributed by atoms with E-state index in [1.165, 1.54) is 6.92 Å². The maximum Gasteiger partial charge on any atom is 0.372 e. The topological polar surface area (TPSA) is 173 Å². The molecule has 0 aromatic heterocycles. The smallest absolute Gasteiger partial charge is 0.372 e. The van der Waals surface area contributed by atoms with E-state index in [2.05, 4.69) is 10.6 Å². The Bertz CT molecular complexity index is 465. The van der Waals surface area contributed by atoms with Gasteiger partial charge in [-0.25, -0.2) is 4.79 Å². The molecule has 0 rings (SSSR count). The average molecular weight is 334 g/mol. The van der Waals surface area contributed by atoms with Gasteiger partial charge in [-0.3, -0.25) is 14.4 Å². The molecule has 0 saturated heterocycles. The largest absolute Gasteiger partial charge is 0.475 e. The number of Topliss-reactive ketones (excluding diaryl/α,β-unsaturated/α-hetero) is 1. The first-order chi connectivity index (χ1) is 10.5. The molecule has 2 amide bonds. The summed E-state index contributed by atoms with van der Waals surface area (Å²) in [5.41, 5.74) is 0. The van der Waals surface area contributed by atoms with Gasteiger partial charge in [0.05, 0.1) is 30.4 Å². The monoisotopic (exact) mass is 334 g/mol. The van der Waals surface area contributed by atoms with Crippen LogP contribution in [0.15, 0.2) is 0 Å². The van der Waals surface area contributed by atoms with Gasteiger partial charge in [-0.05, 0) is 6.92 Å². The van der Waals surface area contributed by atoms with Crippen LogP contribution >= 0.6 is 0 Å². The molecule has 6 N–H and O–H groups in total. The molecule has 0 aliphatic carbocycles. The highest BCUT2D eigenvalue weighted by molar-refractivity contribution is 6.32. The molecule has 0 heterocycles. The van der Waals surface area contributed by atoms with Crippen molar-refractivity contribution in [1.29, 1.82) is 0 Å². The van der Waals surface area contributed by atoms with E-state index in [0.717, 1.165) is 13.8 Å². The van der Waals surface area contributed by atoms with Crippen LogP contribution in [0.2, 0.25) is 0 Å². The van der Waals surface area contributed by atoms with Crippen LogP contribution < -0.4 is 10.6 Å². The van der Waals surface area contributed by atoms with Gasteiger partial charge in [-0.2, -0.15) is 0 Å². The van der Waals surface area contributed by atoms with Crippen LogP contribution in [-0.2, 0) is 19.2 Å². The highest BCUT2D eigenvalue weighted by atomic mass is 16.4. The number of aliphatic hydroxyl groups is 3.